The Morgan fingerprint density at radius 2 is 1.82 bits per heavy atom. The van der Waals surface area contributed by atoms with E-state index in [1.165, 1.54) is 0 Å². The van der Waals surface area contributed by atoms with Crippen molar-refractivity contribution in [3.8, 4) is 0 Å². The Morgan fingerprint density at radius 1 is 1.18 bits per heavy atom. The highest BCUT2D eigenvalue weighted by atomic mass is 16.4. The van der Waals surface area contributed by atoms with Crippen LogP contribution in [0.1, 0.15) is 47.4 Å². The number of aromatic nitrogens is 2. The predicted molar refractivity (Wildman–Crippen MR) is 68.8 cm³/mol. The van der Waals surface area contributed by atoms with Crippen molar-refractivity contribution in [2.24, 2.45) is 5.41 Å². The van der Waals surface area contributed by atoms with Crippen molar-refractivity contribution in [1.29, 1.82) is 0 Å². The molecule has 0 aliphatic rings. The Kier molecular flexibility index (Phi) is 4.51. The molecule has 0 fully saturated rings. The van der Waals surface area contributed by atoms with Crippen molar-refractivity contribution in [1.82, 2.24) is 15.5 Å². The normalized spacial score (nSPS) is 14.1. The van der Waals surface area contributed by atoms with Gasteiger partial charge in [0.25, 0.3) is 0 Å². The van der Waals surface area contributed by atoms with Gasteiger partial charge in [0.1, 0.15) is 0 Å². The summed E-state index contributed by atoms with van der Waals surface area (Å²) in [7, 11) is 0. The van der Waals surface area contributed by atoms with Crippen molar-refractivity contribution in [2.75, 3.05) is 5.32 Å². The monoisotopic (exact) mass is 240 g/mol. The largest absolute Gasteiger partial charge is 0.407 e. The molecule has 1 unspecified atom stereocenters. The quantitative estimate of drug-likeness (QED) is 0.827. The van der Waals surface area contributed by atoms with Gasteiger partial charge in [0.15, 0.2) is 0 Å². The third-order valence-electron chi connectivity index (χ3n) is 2.77. The molecular weight excluding hydrogens is 216 g/mol. The van der Waals surface area contributed by atoms with Crippen molar-refractivity contribution in [2.45, 2.75) is 60.2 Å². The molecular formula is C12H24N4O. The first-order valence-electron chi connectivity index (χ1n) is 6.11. The molecule has 0 saturated carbocycles. The number of hydrogen-bond acceptors (Lipinski definition) is 5. The van der Waals surface area contributed by atoms with Crippen LogP contribution < -0.4 is 10.6 Å². The van der Waals surface area contributed by atoms with E-state index in [9.17, 15) is 0 Å². The van der Waals surface area contributed by atoms with E-state index in [2.05, 4.69) is 62.4 Å². The lowest BCUT2D eigenvalue weighted by Gasteiger charge is -2.26. The average Bonchev–Trinajstić information content (AvgIpc) is 2.61. The summed E-state index contributed by atoms with van der Waals surface area (Å²) in [5, 5.41) is 14.4. The smallest absolute Gasteiger partial charge is 0.315 e. The van der Waals surface area contributed by atoms with E-state index in [1.54, 1.807) is 0 Å². The molecule has 1 aromatic heterocycles. The Morgan fingerprint density at radius 3 is 2.35 bits per heavy atom. The van der Waals surface area contributed by atoms with Gasteiger partial charge in [-0.15, -0.1) is 5.10 Å². The molecule has 98 valence electrons. The third kappa shape index (κ3) is 4.73. The minimum Gasteiger partial charge on any atom is -0.407 e. The summed E-state index contributed by atoms with van der Waals surface area (Å²) in [5.74, 6) is 0.613. The molecule has 17 heavy (non-hydrogen) atoms. The topological polar surface area (TPSA) is 63.0 Å². The molecule has 1 aromatic rings. The van der Waals surface area contributed by atoms with Gasteiger partial charge in [-0.2, -0.15) is 0 Å². The highest BCUT2D eigenvalue weighted by Gasteiger charge is 2.21. The van der Waals surface area contributed by atoms with Gasteiger partial charge < -0.3 is 15.1 Å². The molecule has 0 bridgehead atoms. The SMILES string of the molecule is CC(C)NCc1nnc(NC(C)C(C)(C)C)o1. The van der Waals surface area contributed by atoms with E-state index in [0.717, 1.165) is 0 Å². The standard InChI is InChI=1S/C12H24N4O/c1-8(2)13-7-10-15-16-11(17-10)14-9(3)12(4,5)6/h8-9,13H,7H2,1-6H3,(H,14,16). The second-order valence-corrected chi connectivity index (χ2v) is 5.77. The van der Waals surface area contributed by atoms with Crippen molar-refractivity contribution in [3.63, 3.8) is 0 Å². The highest BCUT2D eigenvalue weighted by molar-refractivity contribution is 5.20. The maximum atomic E-state index is 5.50. The molecule has 0 aliphatic carbocycles. The number of anilines is 1. The van der Waals surface area contributed by atoms with Crippen LogP contribution in [0, 0.1) is 5.41 Å². The van der Waals surface area contributed by atoms with Crippen LogP contribution >= 0.6 is 0 Å². The summed E-state index contributed by atoms with van der Waals surface area (Å²) in [6, 6.07) is 1.17. The zero-order valence-electron chi connectivity index (χ0n) is 11.7. The zero-order chi connectivity index (χ0) is 13.1. The van der Waals surface area contributed by atoms with Crippen LogP contribution in [0.4, 0.5) is 6.01 Å². The molecule has 0 aliphatic heterocycles. The summed E-state index contributed by atoms with van der Waals surface area (Å²) >= 11 is 0. The Bertz CT molecular complexity index is 341. The lowest BCUT2D eigenvalue weighted by atomic mass is 9.88. The van der Waals surface area contributed by atoms with Gasteiger partial charge >= 0.3 is 6.01 Å². The maximum Gasteiger partial charge on any atom is 0.315 e. The highest BCUT2D eigenvalue weighted by Crippen LogP contribution is 2.22. The Labute approximate surface area is 103 Å². The number of nitrogens with one attached hydrogen (secondary N) is 2. The van der Waals surface area contributed by atoms with Crippen molar-refractivity contribution >= 4 is 6.01 Å². The average molecular weight is 240 g/mol. The van der Waals surface area contributed by atoms with Gasteiger partial charge in [0, 0.05) is 12.1 Å². The van der Waals surface area contributed by atoms with Crippen LogP contribution in [0.15, 0.2) is 4.42 Å². The second-order valence-electron chi connectivity index (χ2n) is 5.77. The molecule has 0 saturated heterocycles. The zero-order valence-corrected chi connectivity index (χ0v) is 11.7. The van der Waals surface area contributed by atoms with E-state index in [0.29, 0.717) is 24.5 Å². The molecule has 0 amide bonds. The molecule has 0 aromatic carbocycles. The number of hydrogen-bond donors (Lipinski definition) is 2. The molecule has 1 atom stereocenters. The first-order chi connectivity index (χ1) is 7.79. The second kappa shape index (κ2) is 5.49. The molecule has 5 nitrogen and oxygen atoms in total. The van der Waals surface area contributed by atoms with E-state index in [1.807, 2.05) is 0 Å². The van der Waals surface area contributed by atoms with E-state index in [4.69, 9.17) is 4.42 Å². The molecule has 2 N–H and O–H groups in total. The van der Waals surface area contributed by atoms with E-state index >= 15 is 0 Å². The summed E-state index contributed by atoms with van der Waals surface area (Å²) in [4.78, 5) is 0. The van der Waals surface area contributed by atoms with Crippen molar-refractivity contribution < 1.29 is 4.42 Å². The molecule has 1 rings (SSSR count). The minimum atomic E-state index is 0.158. The Hall–Kier alpha value is -1.10. The Balaban J connectivity index is 2.51. The molecule has 5 heteroatoms. The molecule has 0 radical (unpaired) electrons. The van der Waals surface area contributed by atoms with E-state index < -0.39 is 0 Å². The third-order valence-corrected chi connectivity index (χ3v) is 2.77. The number of nitrogens with zero attached hydrogens (tertiary/aromatic N) is 2. The van der Waals surface area contributed by atoms with Gasteiger partial charge in [0.2, 0.25) is 5.89 Å². The minimum absolute atomic E-state index is 0.158. The van der Waals surface area contributed by atoms with Gasteiger partial charge in [-0.25, -0.2) is 0 Å². The fraction of sp³-hybridized carbons (Fsp3) is 0.833. The lowest BCUT2D eigenvalue weighted by molar-refractivity contribution is 0.350. The first kappa shape index (κ1) is 14.0. The summed E-state index contributed by atoms with van der Waals surface area (Å²) < 4.78 is 5.50. The lowest BCUT2D eigenvalue weighted by Crippen LogP contribution is -2.30. The van der Waals surface area contributed by atoms with Crippen LogP contribution in [0.3, 0.4) is 0 Å². The van der Waals surface area contributed by atoms with Gasteiger partial charge in [-0.3, -0.25) is 0 Å². The molecule has 0 spiro atoms. The van der Waals surface area contributed by atoms with Crippen LogP contribution in [-0.2, 0) is 6.54 Å². The molecule has 1 heterocycles. The first-order valence-corrected chi connectivity index (χ1v) is 6.11. The van der Waals surface area contributed by atoms with Gasteiger partial charge in [-0.05, 0) is 12.3 Å². The maximum absolute atomic E-state index is 5.50. The summed E-state index contributed by atoms with van der Waals surface area (Å²) in [5.41, 5.74) is 0.158. The van der Waals surface area contributed by atoms with Crippen molar-refractivity contribution in [3.05, 3.63) is 5.89 Å². The fourth-order valence-electron chi connectivity index (χ4n) is 1.08. The predicted octanol–water partition coefficient (Wildman–Crippen LogP) is 2.41. The van der Waals surface area contributed by atoms with Crippen LogP contribution in [0.2, 0.25) is 0 Å². The fourth-order valence-corrected chi connectivity index (χ4v) is 1.08. The van der Waals surface area contributed by atoms with E-state index in [-0.39, 0.29) is 11.5 Å². The summed E-state index contributed by atoms with van der Waals surface area (Å²) in [6.45, 7) is 13.4. The van der Waals surface area contributed by atoms with Crippen LogP contribution in [0.5, 0.6) is 0 Å². The van der Waals surface area contributed by atoms with Gasteiger partial charge in [0.05, 0.1) is 6.54 Å². The van der Waals surface area contributed by atoms with Gasteiger partial charge in [-0.1, -0.05) is 39.7 Å². The summed E-state index contributed by atoms with van der Waals surface area (Å²) in [6.07, 6.45) is 0. The van der Waals surface area contributed by atoms with Crippen LogP contribution in [0.25, 0.3) is 0 Å². The number of rotatable bonds is 5. The van der Waals surface area contributed by atoms with Crippen LogP contribution in [-0.4, -0.2) is 22.3 Å².